The van der Waals surface area contributed by atoms with E-state index in [2.05, 4.69) is 12.2 Å². The number of alkyl halides is 3. The predicted octanol–water partition coefficient (Wildman–Crippen LogP) is 4.44. The maximum absolute atomic E-state index is 13.0. The van der Waals surface area contributed by atoms with E-state index in [0.29, 0.717) is 48.3 Å². The van der Waals surface area contributed by atoms with Gasteiger partial charge in [0.2, 0.25) is 5.91 Å². The SMILES string of the molecule is COC(=O)c1c(NC(=O)CN2CCN(c3cccc(C(F)(F)F)c3)CC2)sc2c1CCC(C)C2. The number of hydrogen-bond donors (Lipinski definition) is 1. The first kappa shape index (κ1) is 24.5. The Balaban J connectivity index is 1.37. The van der Waals surface area contributed by atoms with Crippen LogP contribution in [0.2, 0.25) is 0 Å². The van der Waals surface area contributed by atoms with Gasteiger partial charge in [0.1, 0.15) is 5.00 Å². The first-order valence-electron chi connectivity index (χ1n) is 11.3. The van der Waals surface area contributed by atoms with E-state index in [1.54, 1.807) is 6.07 Å². The first-order chi connectivity index (χ1) is 16.2. The molecular formula is C24H28F3N3O3S. The number of halogens is 3. The average Bonchev–Trinajstić information content (AvgIpc) is 3.15. The number of carbonyl (C=O) groups is 2. The van der Waals surface area contributed by atoms with E-state index in [1.807, 2.05) is 9.80 Å². The molecule has 1 aliphatic carbocycles. The predicted molar refractivity (Wildman–Crippen MR) is 126 cm³/mol. The van der Waals surface area contributed by atoms with Crippen LogP contribution < -0.4 is 10.2 Å². The zero-order valence-electron chi connectivity index (χ0n) is 19.2. The lowest BCUT2D eigenvalue weighted by atomic mass is 9.88. The van der Waals surface area contributed by atoms with Gasteiger partial charge in [0, 0.05) is 36.7 Å². The largest absolute Gasteiger partial charge is 0.465 e. The van der Waals surface area contributed by atoms with Crippen LogP contribution in [0.1, 0.15) is 39.7 Å². The third-order valence-corrected chi connectivity index (χ3v) is 7.60. The number of fused-ring (bicyclic) bond motifs is 1. The van der Waals surface area contributed by atoms with E-state index in [0.717, 1.165) is 41.8 Å². The van der Waals surface area contributed by atoms with Gasteiger partial charge >= 0.3 is 12.1 Å². The van der Waals surface area contributed by atoms with Crippen molar-refractivity contribution in [3.8, 4) is 0 Å². The van der Waals surface area contributed by atoms with Gasteiger partial charge in [-0.05, 0) is 48.9 Å². The maximum atomic E-state index is 13.0. The number of amides is 1. The van der Waals surface area contributed by atoms with E-state index in [-0.39, 0.29) is 12.5 Å². The topological polar surface area (TPSA) is 61.9 Å². The summed E-state index contributed by atoms with van der Waals surface area (Å²) in [5, 5.41) is 3.45. The lowest BCUT2D eigenvalue weighted by molar-refractivity contribution is -0.137. The van der Waals surface area contributed by atoms with Gasteiger partial charge in [0.15, 0.2) is 0 Å². The van der Waals surface area contributed by atoms with Gasteiger partial charge in [-0.3, -0.25) is 9.69 Å². The highest BCUT2D eigenvalue weighted by atomic mass is 32.1. The molecule has 0 radical (unpaired) electrons. The summed E-state index contributed by atoms with van der Waals surface area (Å²) in [6.45, 7) is 4.46. The van der Waals surface area contributed by atoms with Gasteiger partial charge in [-0.2, -0.15) is 13.2 Å². The fraction of sp³-hybridized carbons (Fsp3) is 0.500. The fourth-order valence-corrected chi connectivity index (χ4v) is 5.98. The molecule has 1 saturated heterocycles. The Morgan fingerprint density at radius 3 is 2.62 bits per heavy atom. The molecule has 2 aromatic rings. The summed E-state index contributed by atoms with van der Waals surface area (Å²) in [7, 11) is 1.34. The molecule has 6 nitrogen and oxygen atoms in total. The quantitative estimate of drug-likeness (QED) is 0.622. The smallest absolute Gasteiger partial charge is 0.416 e. The van der Waals surface area contributed by atoms with Crippen molar-refractivity contribution in [2.45, 2.75) is 32.4 Å². The van der Waals surface area contributed by atoms with Crippen molar-refractivity contribution in [1.29, 1.82) is 0 Å². The van der Waals surface area contributed by atoms with Gasteiger partial charge in [-0.25, -0.2) is 4.79 Å². The molecule has 184 valence electrons. The summed E-state index contributed by atoms with van der Waals surface area (Å²) >= 11 is 1.45. The van der Waals surface area contributed by atoms with Crippen LogP contribution in [0.15, 0.2) is 24.3 Å². The van der Waals surface area contributed by atoms with E-state index < -0.39 is 17.7 Å². The summed E-state index contributed by atoms with van der Waals surface area (Å²) < 4.78 is 44.0. The number of nitrogens with one attached hydrogen (secondary N) is 1. The minimum atomic E-state index is -4.38. The normalized spacial score (nSPS) is 19.0. The van der Waals surface area contributed by atoms with Crippen LogP contribution in [-0.2, 0) is 28.5 Å². The molecule has 2 heterocycles. The van der Waals surface area contributed by atoms with Gasteiger partial charge in [0.05, 0.1) is 24.8 Å². The highest BCUT2D eigenvalue weighted by Crippen LogP contribution is 2.40. The van der Waals surface area contributed by atoms with E-state index in [1.165, 1.54) is 24.5 Å². The third kappa shape index (κ3) is 5.38. The Morgan fingerprint density at radius 1 is 1.21 bits per heavy atom. The standard InChI is InChI=1S/C24H28F3N3O3S/c1-15-6-7-18-19(12-15)34-22(21(18)23(32)33-2)28-20(31)14-29-8-10-30(11-9-29)17-5-3-4-16(13-17)24(25,26)27/h3-5,13,15H,6-12,14H2,1-2H3,(H,28,31). The van der Waals surface area contributed by atoms with Gasteiger partial charge < -0.3 is 15.0 Å². The maximum Gasteiger partial charge on any atom is 0.416 e. The van der Waals surface area contributed by atoms with Crippen molar-refractivity contribution in [2.75, 3.05) is 50.1 Å². The summed E-state index contributed by atoms with van der Waals surface area (Å²) in [4.78, 5) is 30.2. The van der Waals surface area contributed by atoms with Crippen molar-refractivity contribution in [2.24, 2.45) is 5.92 Å². The Labute approximate surface area is 200 Å². The van der Waals surface area contributed by atoms with Crippen molar-refractivity contribution < 1.29 is 27.5 Å². The van der Waals surface area contributed by atoms with Crippen molar-refractivity contribution >= 4 is 33.9 Å². The molecule has 1 amide bonds. The summed E-state index contributed by atoms with van der Waals surface area (Å²) in [5.74, 6) is -0.116. The fourth-order valence-electron chi connectivity index (χ4n) is 4.57. The second-order valence-electron chi connectivity index (χ2n) is 8.91. The number of benzene rings is 1. The number of carbonyl (C=O) groups excluding carboxylic acids is 2. The Bertz CT molecular complexity index is 1060. The second-order valence-corrected chi connectivity index (χ2v) is 10.0. The minimum absolute atomic E-state index is 0.149. The first-order valence-corrected chi connectivity index (χ1v) is 12.1. The zero-order valence-corrected chi connectivity index (χ0v) is 20.0. The van der Waals surface area contributed by atoms with Gasteiger partial charge in [0.25, 0.3) is 0 Å². The number of esters is 1. The monoisotopic (exact) mass is 495 g/mol. The van der Waals surface area contributed by atoms with E-state index in [9.17, 15) is 22.8 Å². The van der Waals surface area contributed by atoms with Crippen molar-refractivity contribution in [3.05, 3.63) is 45.8 Å². The van der Waals surface area contributed by atoms with Gasteiger partial charge in [-0.15, -0.1) is 11.3 Å². The lowest BCUT2D eigenvalue weighted by Crippen LogP contribution is -2.48. The number of thiophene rings is 1. The van der Waals surface area contributed by atoms with Crippen molar-refractivity contribution in [1.82, 2.24) is 4.90 Å². The molecule has 4 rings (SSSR count). The molecule has 1 unspecified atom stereocenters. The highest BCUT2D eigenvalue weighted by Gasteiger charge is 2.32. The molecular weight excluding hydrogens is 467 g/mol. The van der Waals surface area contributed by atoms with Crippen LogP contribution in [0, 0.1) is 5.92 Å². The number of methoxy groups -OCH3 is 1. The zero-order chi connectivity index (χ0) is 24.5. The molecule has 1 N–H and O–H groups in total. The Hall–Kier alpha value is -2.59. The van der Waals surface area contributed by atoms with Crippen LogP contribution in [0.25, 0.3) is 0 Å². The van der Waals surface area contributed by atoms with E-state index in [4.69, 9.17) is 4.74 Å². The molecule has 0 spiro atoms. The number of ether oxygens (including phenoxy) is 1. The number of rotatable bonds is 5. The molecule has 1 aromatic carbocycles. The Morgan fingerprint density at radius 2 is 1.94 bits per heavy atom. The molecule has 0 saturated carbocycles. The number of piperazine rings is 1. The molecule has 1 aromatic heterocycles. The summed E-state index contributed by atoms with van der Waals surface area (Å²) in [6, 6.07) is 5.31. The molecule has 2 aliphatic rings. The molecule has 34 heavy (non-hydrogen) atoms. The second kappa shape index (κ2) is 9.95. The van der Waals surface area contributed by atoms with Crippen LogP contribution in [0.3, 0.4) is 0 Å². The molecule has 1 fully saturated rings. The number of hydrogen-bond acceptors (Lipinski definition) is 6. The molecule has 10 heteroatoms. The molecule has 0 bridgehead atoms. The van der Waals surface area contributed by atoms with Crippen LogP contribution >= 0.6 is 11.3 Å². The van der Waals surface area contributed by atoms with Gasteiger partial charge in [-0.1, -0.05) is 13.0 Å². The van der Waals surface area contributed by atoms with Crippen LogP contribution in [0.4, 0.5) is 23.9 Å². The third-order valence-electron chi connectivity index (χ3n) is 6.43. The van der Waals surface area contributed by atoms with Crippen molar-refractivity contribution in [3.63, 3.8) is 0 Å². The molecule has 1 aliphatic heterocycles. The lowest BCUT2D eigenvalue weighted by Gasteiger charge is -2.36. The summed E-state index contributed by atoms with van der Waals surface area (Å²) in [5.41, 5.74) is 1.32. The minimum Gasteiger partial charge on any atom is -0.465 e. The van der Waals surface area contributed by atoms with E-state index >= 15 is 0 Å². The summed E-state index contributed by atoms with van der Waals surface area (Å²) in [6.07, 6.45) is -1.70. The highest BCUT2D eigenvalue weighted by molar-refractivity contribution is 7.17. The number of nitrogens with zero attached hydrogens (tertiary/aromatic N) is 2. The van der Waals surface area contributed by atoms with Crippen LogP contribution in [-0.4, -0.2) is 56.6 Å². The number of anilines is 2. The Kier molecular flexibility index (Phi) is 7.18. The van der Waals surface area contributed by atoms with Crippen LogP contribution in [0.5, 0.6) is 0 Å². The average molecular weight is 496 g/mol. The molecule has 1 atom stereocenters.